The normalized spacial score (nSPS) is 11.3. The molecule has 98 valence electrons. The Balaban J connectivity index is 2.23. The fraction of sp³-hybridized carbons (Fsp3) is 0.375. The average molecular weight is 254 g/mol. The molecule has 0 saturated carbocycles. The van der Waals surface area contributed by atoms with E-state index in [9.17, 15) is 5.26 Å². The highest BCUT2D eigenvalue weighted by molar-refractivity contribution is 5.85. The molecule has 2 rings (SSSR count). The van der Waals surface area contributed by atoms with Crippen LogP contribution in [0.2, 0.25) is 0 Å². The number of fused-ring (bicyclic) bond motifs is 1. The number of benzene rings is 1. The van der Waals surface area contributed by atoms with Crippen molar-refractivity contribution >= 4 is 10.9 Å². The van der Waals surface area contributed by atoms with Gasteiger partial charge in [-0.15, -0.1) is 0 Å². The molecule has 2 aromatic rings. The van der Waals surface area contributed by atoms with Crippen LogP contribution in [-0.2, 0) is 0 Å². The molecule has 0 bridgehead atoms. The Kier molecular flexibility index (Phi) is 3.71. The van der Waals surface area contributed by atoms with E-state index in [1.54, 1.807) is 6.07 Å². The van der Waals surface area contributed by atoms with E-state index < -0.39 is 0 Å². The van der Waals surface area contributed by atoms with Crippen LogP contribution in [0.4, 0.5) is 0 Å². The molecule has 0 N–H and O–H groups in total. The maximum absolute atomic E-state index is 9.18. The fourth-order valence-electron chi connectivity index (χ4n) is 1.78. The van der Waals surface area contributed by atoms with Gasteiger partial charge in [0.25, 0.3) is 0 Å². The predicted octanol–water partition coefficient (Wildman–Crippen LogP) is 3.92. The van der Waals surface area contributed by atoms with Gasteiger partial charge >= 0.3 is 0 Å². The van der Waals surface area contributed by atoms with Crippen LogP contribution in [0.1, 0.15) is 32.8 Å². The average Bonchev–Trinajstić information content (AvgIpc) is 2.36. The van der Waals surface area contributed by atoms with Gasteiger partial charge in [0.1, 0.15) is 6.07 Å². The first kappa shape index (κ1) is 13.4. The highest BCUT2D eigenvalue weighted by Crippen LogP contribution is 2.23. The second-order valence-electron chi connectivity index (χ2n) is 5.80. The van der Waals surface area contributed by atoms with Gasteiger partial charge in [-0.1, -0.05) is 39.0 Å². The van der Waals surface area contributed by atoms with Crippen LogP contribution < -0.4 is 4.74 Å². The zero-order chi connectivity index (χ0) is 13.9. The van der Waals surface area contributed by atoms with Gasteiger partial charge in [-0.25, -0.2) is 4.98 Å². The minimum Gasteiger partial charge on any atom is -0.478 e. The Labute approximate surface area is 113 Å². The van der Waals surface area contributed by atoms with Crippen LogP contribution in [0.5, 0.6) is 5.88 Å². The molecule has 3 heteroatoms. The third-order valence-corrected chi connectivity index (χ3v) is 2.92. The van der Waals surface area contributed by atoms with Crippen LogP contribution in [-0.4, -0.2) is 11.6 Å². The van der Waals surface area contributed by atoms with Crippen molar-refractivity contribution in [1.29, 1.82) is 5.26 Å². The molecule has 0 unspecified atom stereocenters. The van der Waals surface area contributed by atoms with Gasteiger partial charge in [-0.3, -0.25) is 0 Å². The Hall–Kier alpha value is -2.08. The van der Waals surface area contributed by atoms with Crippen molar-refractivity contribution in [3.05, 3.63) is 35.9 Å². The molecule has 0 atom stereocenters. The number of pyridine rings is 1. The van der Waals surface area contributed by atoms with E-state index in [-0.39, 0.29) is 5.41 Å². The summed E-state index contributed by atoms with van der Waals surface area (Å²) in [5, 5.41) is 10.1. The minimum atomic E-state index is 0.231. The molecule has 0 aliphatic heterocycles. The molecular weight excluding hydrogens is 236 g/mol. The zero-order valence-electron chi connectivity index (χ0n) is 11.6. The third-order valence-electron chi connectivity index (χ3n) is 2.92. The van der Waals surface area contributed by atoms with Crippen molar-refractivity contribution in [1.82, 2.24) is 4.98 Å². The third kappa shape index (κ3) is 3.45. The van der Waals surface area contributed by atoms with Crippen molar-refractivity contribution in [2.75, 3.05) is 6.61 Å². The maximum Gasteiger partial charge on any atom is 0.215 e. The summed E-state index contributed by atoms with van der Waals surface area (Å²) in [4.78, 5) is 4.43. The van der Waals surface area contributed by atoms with Gasteiger partial charge < -0.3 is 4.74 Å². The van der Waals surface area contributed by atoms with Gasteiger partial charge in [-0.05, 0) is 17.9 Å². The number of ether oxygens (including phenoxy) is 1. The highest BCUT2D eigenvalue weighted by Gasteiger charge is 2.11. The predicted molar refractivity (Wildman–Crippen MR) is 76.0 cm³/mol. The molecule has 0 spiro atoms. The summed E-state index contributed by atoms with van der Waals surface area (Å²) < 4.78 is 5.67. The summed E-state index contributed by atoms with van der Waals surface area (Å²) in [6, 6.07) is 11.5. The second kappa shape index (κ2) is 5.27. The Morgan fingerprint density at radius 3 is 2.68 bits per heavy atom. The van der Waals surface area contributed by atoms with Gasteiger partial charge in [-0.2, -0.15) is 5.26 Å². The number of hydrogen-bond donors (Lipinski definition) is 0. The first-order valence-corrected chi connectivity index (χ1v) is 6.42. The van der Waals surface area contributed by atoms with Crippen molar-refractivity contribution in [2.24, 2.45) is 5.41 Å². The molecule has 1 aromatic carbocycles. The topological polar surface area (TPSA) is 45.9 Å². The van der Waals surface area contributed by atoms with Gasteiger partial charge in [0.15, 0.2) is 0 Å². The molecule has 0 fully saturated rings. The summed E-state index contributed by atoms with van der Waals surface area (Å²) >= 11 is 0. The first-order valence-electron chi connectivity index (χ1n) is 6.42. The number of aromatic nitrogens is 1. The van der Waals surface area contributed by atoms with Crippen molar-refractivity contribution < 1.29 is 4.74 Å². The second-order valence-corrected chi connectivity index (χ2v) is 5.80. The SMILES string of the molecule is CC(C)(C)CCOc1cc(C#N)c2ccccc2n1. The first-order chi connectivity index (χ1) is 8.99. The number of nitriles is 1. The summed E-state index contributed by atoms with van der Waals surface area (Å²) in [7, 11) is 0. The van der Waals surface area contributed by atoms with E-state index in [1.165, 1.54) is 0 Å². The van der Waals surface area contributed by atoms with Crippen LogP contribution >= 0.6 is 0 Å². The van der Waals surface area contributed by atoms with Crippen LogP contribution in [0.3, 0.4) is 0 Å². The van der Waals surface area contributed by atoms with Crippen molar-refractivity contribution in [3.8, 4) is 11.9 Å². The smallest absolute Gasteiger partial charge is 0.215 e. The van der Waals surface area contributed by atoms with E-state index in [4.69, 9.17) is 4.74 Å². The van der Waals surface area contributed by atoms with E-state index >= 15 is 0 Å². The molecule has 1 aromatic heterocycles. The van der Waals surface area contributed by atoms with Gasteiger partial charge in [0.05, 0.1) is 17.7 Å². The summed E-state index contributed by atoms with van der Waals surface area (Å²) in [6.07, 6.45) is 0.948. The monoisotopic (exact) mass is 254 g/mol. The Morgan fingerprint density at radius 1 is 1.26 bits per heavy atom. The number of hydrogen-bond acceptors (Lipinski definition) is 3. The molecule has 0 saturated heterocycles. The minimum absolute atomic E-state index is 0.231. The molecule has 19 heavy (non-hydrogen) atoms. The van der Waals surface area contributed by atoms with Crippen LogP contribution in [0.25, 0.3) is 10.9 Å². The van der Waals surface area contributed by atoms with E-state index in [2.05, 4.69) is 31.8 Å². The lowest BCUT2D eigenvalue weighted by Gasteiger charge is -2.17. The fourth-order valence-corrected chi connectivity index (χ4v) is 1.78. The van der Waals surface area contributed by atoms with Crippen molar-refractivity contribution in [3.63, 3.8) is 0 Å². The van der Waals surface area contributed by atoms with Gasteiger partial charge in [0.2, 0.25) is 5.88 Å². The highest BCUT2D eigenvalue weighted by atomic mass is 16.5. The largest absolute Gasteiger partial charge is 0.478 e. The summed E-state index contributed by atoms with van der Waals surface area (Å²) in [6.45, 7) is 7.13. The lowest BCUT2D eigenvalue weighted by atomic mass is 9.93. The molecule has 1 heterocycles. The van der Waals surface area contributed by atoms with Crippen molar-refractivity contribution in [2.45, 2.75) is 27.2 Å². The number of nitrogens with zero attached hydrogens (tertiary/aromatic N) is 2. The Morgan fingerprint density at radius 2 is 2.00 bits per heavy atom. The summed E-state index contributed by atoms with van der Waals surface area (Å²) in [5.74, 6) is 0.527. The Bertz CT molecular complexity index is 621. The standard InChI is InChI=1S/C16H18N2O/c1-16(2,3)8-9-19-15-10-12(11-17)13-6-4-5-7-14(13)18-15/h4-7,10H,8-9H2,1-3H3. The van der Waals surface area contributed by atoms with E-state index in [1.807, 2.05) is 24.3 Å². The van der Waals surface area contributed by atoms with E-state index in [0.29, 0.717) is 18.1 Å². The molecule has 3 nitrogen and oxygen atoms in total. The van der Waals surface area contributed by atoms with Gasteiger partial charge in [0, 0.05) is 11.5 Å². The molecule has 0 aliphatic rings. The number of para-hydroxylation sites is 1. The maximum atomic E-state index is 9.18. The quantitative estimate of drug-likeness (QED) is 0.834. The molecule has 0 aliphatic carbocycles. The zero-order valence-corrected chi connectivity index (χ0v) is 11.6. The van der Waals surface area contributed by atoms with E-state index in [0.717, 1.165) is 17.3 Å². The lowest BCUT2D eigenvalue weighted by Crippen LogP contribution is -2.11. The van der Waals surface area contributed by atoms with Crippen LogP contribution in [0.15, 0.2) is 30.3 Å². The van der Waals surface area contributed by atoms with Crippen LogP contribution in [0, 0.1) is 16.7 Å². The summed E-state index contributed by atoms with van der Waals surface area (Å²) in [5.41, 5.74) is 1.64. The molecule has 0 radical (unpaired) electrons. The molecular formula is C16H18N2O. The molecule has 0 amide bonds. The number of rotatable bonds is 3. The lowest BCUT2D eigenvalue weighted by molar-refractivity contribution is 0.237.